The minimum atomic E-state index is -0.804. The standard InChI is InChI=1S/C31H35BrCl2N2O3/c1-20(2)22-12-14-28(25(32)16-22)39-19-29(37)36(18-23-11-13-24(33)17-26(23)34)27(30(38)35-31(3,4)5)15-21-9-7-6-8-10-21/h6-14,16-17,20,27H,15,18-19H2,1-5H3,(H,35,38)/t27-/m0/s1. The Morgan fingerprint density at radius 2 is 1.69 bits per heavy atom. The maximum absolute atomic E-state index is 13.8. The average Bonchev–Trinajstić information content (AvgIpc) is 2.85. The molecule has 0 fully saturated rings. The number of halogens is 3. The van der Waals surface area contributed by atoms with Gasteiger partial charge in [0, 0.05) is 28.5 Å². The summed E-state index contributed by atoms with van der Waals surface area (Å²) >= 11 is 16.2. The van der Waals surface area contributed by atoms with Crippen LogP contribution in [0.1, 0.15) is 57.2 Å². The van der Waals surface area contributed by atoms with Crippen LogP contribution in [0.3, 0.4) is 0 Å². The number of nitrogens with one attached hydrogen (secondary N) is 1. The molecule has 0 heterocycles. The lowest BCUT2D eigenvalue weighted by Crippen LogP contribution is -2.55. The molecule has 0 saturated carbocycles. The van der Waals surface area contributed by atoms with Gasteiger partial charge in [-0.25, -0.2) is 0 Å². The molecule has 0 unspecified atom stereocenters. The van der Waals surface area contributed by atoms with Gasteiger partial charge in [0.05, 0.1) is 4.47 Å². The summed E-state index contributed by atoms with van der Waals surface area (Å²) in [7, 11) is 0. The van der Waals surface area contributed by atoms with Crippen molar-refractivity contribution in [3.05, 3.63) is 97.9 Å². The molecular formula is C31H35BrCl2N2O3. The monoisotopic (exact) mass is 632 g/mol. The maximum Gasteiger partial charge on any atom is 0.261 e. The topological polar surface area (TPSA) is 58.6 Å². The van der Waals surface area contributed by atoms with Crippen molar-refractivity contribution in [3.63, 3.8) is 0 Å². The molecule has 1 N–H and O–H groups in total. The molecule has 0 aliphatic carbocycles. The summed E-state index contributed by atoms with van der Waals surface area (Å²) in [5.41, 5.74) is 2.28. The van der Waals surface area contributed by atoms with Crippen LogP contribution in [-0.4, -0.2) is 34.9 Å². The highest BCUT2D eigenvalue weighted by Crippen LogP contribution is 2.29. The van der Waals surface area contributed by atoms with Gasteiger partial charge < -0.3 is 15.0 Å². The zero-order valence-corrected chi connectivity index (χ0v) is 26.0. The fourth-order valence-electron chi connectivity index (χ4n) is 4.06. The molecule has 208 valence electrons. The minimum absolute atomic E-state index is 0.112. The molecule has 0 aromatic heterocycles. The van der Waals surface area contributed by atoms with Crippen LogP contribution in [0.2, 0.25) is 10.0 Å². The van der Waals surface area contributed by atoms with E-state index in [4.69, 9.17) is 27.9 Å². The van der Waals surface area contributed by atoms with Gasteiger partial charge in [-0.1, -0.05) is 79.5 Å². The molecule has 39 heavy (non-hydrogen) atoms. The van der Waals surface area contributed by atoms with Crippen molar-refractivity contribution in [1.82, 2.24) is 10.2 Å². The van der Waals surface area contributed by atoms with E-state index in [-0.39, 0.29) is 25.0 Å². The van der Waals surface area contributed by atoms with Gasteiger partial charge in [-0.3, -0.25) is 9.59 Å². The smallest absolute Gasteiger partial charge is 0.261 e. The van der Waals surface area contributed by atoms with E-state index in [9.17, 15) is 9.59 Å². The van der Waals surface area contributed by atoms with Crippen molar-refractivity contribution in [2.24, 2.45) is 0 Å². The summed E-state index contributed by atoms with van der Waals surface area (Å²) < 4.78 is 6.72. The van der Waals surface area contributed by atoms with Crippen molar-refractivity contribution in [3.8, 4) is 5.75 Å². The summed E-state index contributed by atoms with van der Waals surface area (Å²) in [5, 5.41) is 3.96. The van der Waals surface area contributed by atoms with E-state index < -0.39 is 11.6 Å². The predicted molar refractivity (Wildman–Crippen MR) is 163 cm³/mol. The Labute approximate surface area is 250 Å². The molecule has 0 bridgehead atoms. The first-order chi connectivity index (χ1) is 18.3. The summed E-state index contributed by atoms with van der Waals surface area (Å²) in [6.07, 6.45) is 0.326. The molecule has 5 nitrogen and oxygen atoms in total. The normalized spacial score (nSPS) is 12.2. The lowest BCUT2D eigenvalue weighted by molar-refractivity contribution is -0.143. The van der Waals surface area contributed by atoms with Crippen molar-refractivity contribution in [2.45, 2.75) is 65.1 Å². The van der Waals surface area contributed by atoms with Crippen LogP contribution in [0, 0.1) is 0 Å². The first-order valence-corrected chi connectivity index (χ1v) is 14.4. The van der Waals surface area contributed by atoms with E-state index in [1.165, 1.54) is 0 Å². The van der Waals surface area contributed by atoms with Crippen LogP contribution in [-0.2, 0) is 22.6 Å². The van der Waals surface area contributed by atoms with E-state index in [1.807, 2.05) is 69.3 Å². The second-order valence-corrected chi connectivity index (χ2v) is 12.5. The van der Waals surface area contributed by atoms with Crippen LogP contribution >= 0.6 is 39.1 Å². The third-order valence-electron chi connectivity index (χ3n) is 6.10. The molecule has 0 saturated heterocycles. The molecule has 0 spiro atoms. The highest BCUT2D eigenvalue weighted by Gasteiger charge is 2.33. The fourth-order valence-corrected chi connectivity index (χ4v) is 5.04. The zero-order valence-electron chi connectivity index (χ0n) is 22.9. The van der Waals surface area contributed by atoms with Crippen LogP contribution in [0.5, 0.6) is 5.75 Å². The second-order valence-electron chi connectivity index (χ2n) is 10.8. The van der Waals surface area contributed by atoms with Crippen LogP contribution < -0.4 is 10.1 Å². The number of hydrogen-bond donors (Lipinski definition) is 1. The second kappa shape index (κ2) is 13.7. The lowest BCUT2D eigenvalue weighted by atomic mass is 10.0. The SMILES string of the molecule is CC(C)c1ccc(OCC(=O)N(Cc2ccc(Cl)cc2Cl)[C@@H](Cc2ccccc2)C(=O)NC(C)(C)C)c(Br)c1. The van der Waals surface area contributed by atoms with Gasteiger partial charge in [0.25, 0.3) is 5.91 Å². The number of amides is 2. The Morgan fingerprint density at radius 3 is 2.28 bits per heavy atom. The number of benzene rings is 3. The zero-order chi connectivity index (χ0) is 28.7. The minimum Gasteiger partial charge on any atom is -0.483 e. The van der Waals surface area contributed by atoms with Crippen molar-refractivity contribution < 1.29 is 14.3 Å². The van der Waals surface area contributed by atoms with Crippen LogP contribution in [0.15, 0.2) is 71.2 Å². The largest absolute Gasteiger partial charge is 0.483 e. The lowest BCUT2D eigenvalue weighted by Gasteiger charge is -2.34. The van der Waals surface area contributed by atoms with Gasteiger partial charge in [0.15, 0.2) is 6.61 Å². The van der Waals surface area contributed by atoms with Gasteiger partial charge in [0.1, 0.15) is 11.8 Å². The van der Waals surface area contributed by atoms with Crippen LogP contribution in [0.4, 0.5) is 0 Å². The van der Waals surface area contributed by atoms with Gasteiger partial charge in [-0.15, -0.1) is 0 Å². The Balaban J connectivity index is 1.96. The third-order valence-corrected chi connectivity index (χ3v) is 7.31. The molecule has 0 aliphatic heterocycles. The van der Waals surface area contributed by atoms with Crippen molar-refractivity contribution >= 4 is 50.9 Å². The number of hydrogen-bond acceptors (Lipinski definition) is 3. The van der Waals surface area contributed by atoms with E-state index in [0.717, 1.165) is 15.6 Å². The molecule has 8 heteroatoms. The van der Waals surface area contributed by atoms with Gasteiger partial charge in [-0.2, -0.15) is 0 Å². The van der Waals surface area contributed by atoms with Gasteiger partial charge >= 0.3 is 0 Å². The Bertz CT molecular complexity index is 1290. The number of nitrogens with zero attached hydrogens (tertiary/aromatic N) is 1. The molecule has 0 radical (unpaired) electrons. The quantitative estimate of drug-likeness (QED) is 0.248. The van der Waals surface area contributed by atoms with E-state index >= 15 is 0 Å². The molecule has 3 aromatic rings. The Morgan fingerprint density at radius 1 is 1.00 bits per heavy atom. The fraction of sp³-hybridized carbons (Fsp3) is 0.355. The molecule has 2 amide bonds. The predicted octanol–water partition coefficient (Wildman–Crippen LogP) is 7.81. The molecule has 0 aliphatic rings. The number of carbonyl (C=O) groups is 2. The van der Waals surface area contributed by atoms with Crippen molar-refractivity contribution in [2.75, 3.05) is 6.61 Å². The summed E-state index contributed by atoms with van der Waals surface area (Å²) in [5.74, 6) is 0.311. The molecular weight excluding hydrogens is 599 g/mol. The third kappa shape index (κ3) is 9.26. The summed E-state index contributed by atoms with van der Waals surface area (Å²) in [4.78, 5) is 29.0. The highest BCUT2D eigenvalue weighted by atomic mass is 79.9. The molecule has 3 rings (SSSR count). The molecule has 3 aromatic carbocycles. The van der Waals surface area contributed by atoms with E-state index in [0.29, 0.717) is 33.7 Å². The summed E-state index contributed by atoms with van der Waals surface area (Å²) in [6, 6.07) is 19.8. The number of rotatable bonds is 10. The van der Waals surface area contributed by atoms with Gasteiger partial charge in [0.2, 0.25) is 5.91 Å². The summed E-state index contributed by atoms with van der Waals surface area (Å²) in [6.45, 7) is 9.82. The average molecular weight is 634 g/mol. The van der Waals surface area contributed by atoms with Crippen molar-refractivity contribution in [1.29, 1.82) is 0 Å². The first-order valence-electron chi connectivity index (χ1n) is 12.9. The Hall–Kier alpha value is -2.54. The van der Waals surface area contributed by atoms with Crippen LogP contribution in [0.25, 0.3) is 0 Å². The number of ether oxygens (including phenoxy) is 1. The van der Waals surface area contributed by atoms with E-state index in [2.05, 4.69) is 35.1 Å². The van der Waals surface area contributed by atoms with Gasteiger partial charge in [-0.05, 0) is 83.6 Å². The first kappa shape index (κ1) is 31.0. The van der Waals surface area contributed by atoms with E-state index in [1.54, 1.807) is 23.1 Å². The number of carbonyl (C=O) groups excluding carboxylic acids is 2. The highest BCUT2D eigenvalue weighted by molar-refractivity contribution is 9.10. The Kier molecular flexibility index (Phi) is 10.9. The molecule has 1 atom stereocenters. The maximum atomic E-state index is 13.8.